The first-order valence-corrected chi connectivity index (χ1v) is 26.9. The van der Waals surface area contributed by atoms with Crippen LogP contribution in [0, 0.1) is 59.2 Å². The summed E-state index contributed by atoms with van der Waals surface area (Å²) < 4.78 is 0. The number of piperazine rings is 1. The predicted molar refractivity (Wildman–Crippen MR) is 301 cm³/mol. The van der Waals surface area contributed by atoms with Gasteiger partial charge in [0, 0.05) is 31.7 Å². The summed E-state index contributed by atoms with van der Waals surface area (Å²) in [5.74, 6) is 4.39. The van der Waals surface area contributed by atoms with Gasteiger partial charge in [0.05, 0.1) is 0 Å². The summed E-state index contributed by atoms with van der Waals surface area (Å²) in [6.07, 6.45) is 22.1. The summed E-state index contributed by atoms with van der Waals surface area (Å²) in [7, 11) is 6.61. The molecule has 3 saturated heterocycles. The van der Waals surface area contributed by atoms with Crippen molar-refractivity contribution in [2.75, 3.05) is 73.5 Å². The molecule has 0 radical (unpaired) electrons. The molecule has 0 atom stereocenters. The number of likely N-dealkylation sites (tertiary alicyclic amines) is 2. The average Bonchev–Trinajstić information content (AvgIpc) is 3.12. The topological polar surface area (TPSA) is 13.0 Å². The second-order valence-electron chi connectivity index (χ2n) is 26.0. The van der Waals surface area contributed by atoms with Gasteiger partial charge in [0.25, 0.3) is 0 Å². The number of piperidine rings is 2. The van der Waals surface area contributed by atoms with Crippen molar-refractivity contribution < 1.29 is 32.7 Å². The predicted octanol–water partition coefficient (Wildman–Crippen LogP) is 18.1. The first kappa shape index (κ1) is 77.4. The van der Waals surface area contributed by atoms with Gasteiger partial charge in [-0.3, -0.25) is 4.90 Å². The third kappa shape index (κ3) is 54.1. The Labute approximate surface area is 443 Å². The van der Waals surface area contributed by atoms with E-state index in [0.717, 1.165) is 30.6 Å². The zero-order valence-electron chi connectivity index (χ0n) is 49.5. The Morgan fingerprint density at radius 1 is 0.415 bits per heavy atom. The maximum absolute atomic E-state index is 3.64. The zero-order chi connectivity index (χ0) is 50.1. The molecule has 5 heteroatoms. The van der Waals surface area contributed by atoms with Crippen LogP contribution in [0.2, 0.25) is 0 Å². The van der Waals surface area contributed by atoms with Gasteiger partial charge in [-0.15, -0.1) is 6.42 Å². The molecule has 65 heavy (non-hydrogen) atoms. The standard InChI is InChI=1S/C10H21N.C10H20.C9H20N2.C8H16.C6H13N.C5H12.C5H10.C4H9.C2H6.CH4.Y/c1-10(2,3)9-5-7-11(4)8-6-9;1-10(2,3)9-7-5-4-6-8-9;1-9(2,3)11-7-5-10(4)6-8-11;1-8(2,3)7-5-4-6-7;1-7-5-3-2-4-6-7;1-5(2,3)4;1-3-5-4-2;1-4(2)3;1-2;;/h9H,5-8H2,1-4H3;9H,4-8H2,1-3H3;5-8H2,1-4H3;7H,4-6H2,1-3H3;2-6H2,1H3;1-4H3;1-5H2;1-3H3;1-2H3;1H4;/q;;;;;;-2;-1;;;+3. The van der Waals surface area contributed by atoms with Crippen LogP contribution in [0.25, 0.3) is 0 Å². The quantitative estimate of drug-likeness (QED) is 0.256. The molecule has 0 unspecified atom stereocenters. The zero-order valence-corrected chi connectivity index (χ0v) is 52.3. The van der Waals surface area contributed by atoms with Gasteiger partial charge in [-0.05, 0) is 159 Å². The first-order valence-electron chi connectivity index (χ1n) is 26.9. The van der Waals surface area contributed by atoms with Crippen molar-refractivity contribution in [2.45, 2.75) is 261 Å². The van der Waals surface area contributed by atoms with Crippen LogP contribution in [0.4, 0.5) is 0 Å². The summed E-state index contributed by atoms with van der Waals surface area (Å²) in [5, 5.41) is 0. The van der Waals surface area contributed by atoms with E-state index in [2.05, 4.69) is 186 Å². The van der Waals surface area contributed by atoms with E-state index in [1.807, 2.05) is 13.8 Å². The number of likely N-dealkylation sites (N-methyl/N-ethyl adjacent to an activating group) is 1. The van der Waals surface area contributed by atoms with Gasteiger partial charge < -0.3 is 34.5 Å². The van der Waals surface area contributed by atoms with Gasteiger partial charge in [-0.2, -0.15) is 33.6 Å². The third-order valence-electron chi connectivity index (χ3n) is 12.6. The molecular formula is C60H131N4Y. The monoisotopic (exact) mass is 997 g/mol. The van der Waals surface area contributed by atoms with Crippen LogP contribution < -0.4 is 0 Å². The van der Waals surface area contributed by atoms with Crippen molar-refractivity contribution in [3.8, 4) is 0 Å². The van der Waals surface area contributed by atoms with Gasteiger partial charge in [0.2, 0.25) is 0 Å². The minimum atomic E-state index is 0. The van der Waals surface area contributed by atoms with E-state index in [0.29, 0.717) is 27.2 Å². The van der Waals surface area contributed by atoms with E-state index in [-0.39, 0.29) is 40.1 Å². The largest absolute Gasteiger partial charge is 3.00 e. The molecule has 0 aromatic heterocycles. The number of hydrogen-bond donors (Lipinski definition) is 0. The SMILES string of the molecule is C.CC.CC(C)(C)C.CC(C)(C)C1CCC1.CC(C)(C)C1CCCCC1.CN1CCC(C(C)(C)C)CC1.CN1CCCCC1.CN1CCN(C(C)(C)C)CC1.C[C-](C)C.[CH2-]CCC[CH2-].[Y+3]. The van der Waals surface area contributed by atoms with E-state index >= 15 is 0 Å². The van der Waals surface area contributed by atoms with E-state index in [9.17, 15) is 0 Å². The average molecular weight is 998 g/mol. The van der Waals surface area contributed by atoms with Gasteiger partial charge in [-0.25, -0.2) is 0 Å². The summed E-state index contributed by atoms with van der Waals surface area (Å²) in [5.41, 5.74) is 2.56. The van der Waals surface area contributed by atoms with Crippen molar-refractivity contribution in [3.63, 3.8) is 0 Å². The van der Waals surface area contributed by atoms with Crippen molar-refractivity contribution in [3.05, 3.63) is 19.8 Å². The fraction of sp³-hybridized carbons (Fsp3) is 0.950. The number of nitrogens with zero attached hydrogens (tertiary/aromatic N) is 4. The van der Waals surface area contributed by atoms with E-state index < -0.39 is 0 Å². The van der Waals surface area contributed by atoms with E-state index in [1.54, 1.807) is 0 Å². The Morgan fingerprint density at radius 2 is 0.677 bits per heavy atom. The molecule has 5 rings (SSSR count). The van der Waals surface area contributed by atoms with E-state index in [4.69, 9.17) is 0 Å². The molecule has 4 nitrogen and oxygen atoms in total. The molecule has 3 heterocycles. The smallest absolute Gasteiger partial charge is 0.343 e. The maximum atomic E-state index is 3.64. The first-order chi connectivity index (χ1) is 28.7. The molecule has 0 spiro atoms. The Kier molecular flexibility index (Phi) is 50.7. The Morgan fingerprint density at radius 3 is 0.877 bits per heavy atom. The van der Waals surface area contributed by atoms with Gasteiger partial charge in [0.1, 0.15) is 0 Å². The van der Waals surface area contributed by atoms with Gasteiger partial charge >= 0.3 is 32.7 Å². The number of rotatable bonds is 2. The maximum Gasteiger partial charge on any atom is 3.00 e. The Hall–Kier alpha value is 0.944. The van der Waals surface area contributed by atoms with Crippen LogP contribution >= 0.6 is 0 Å². The van der Waals surface area contributed by atoms with Crippen molar-refractivity contribution in [1.82, 2.24) is 19.6 Å². The van der Waals surface area contributed by atoms with Crippen LogP contribution in [0.1, 0.15) is 256 Å². The van der Waals surface area contributed by atoms with Crippen molar-refractivity contribution in [1.29, 1.82) is 0 Å². The Balaban J connectivity index is -0.000000155. The fourth-order valence-electron chi connectivity index (χ4n) is 7.82. The van der Waals surface area contributed by atoms with Crippen LogP contribution in [0.15, 0.2) is 0 Å². The molecule has 2 saturated carbocycles. The molecule has 0 aromatic rings. The van der Waals surface area contributed by atoms with Gasteiger partial charge in [-0.1, -0.05) is 143 Å². The normalized spacial score (nSPS) is 19.4. The third-order valence-corrected chi connectivity index (χ3v) is 12.6. The molecule has 0 bridgehead atoms. The summed E-state index contributed by atoms with van der Waals surface area (Å²) in [6.45, 7) is 64.5. The minimum absolute atomic E-state index is 0. The van der Waals surface area contributed by atoms with Crippen molar-refractivity contribution >= 4 is 0 Å². The minimum Gasteiger partial charge on any atom is -0.343 e. The summed E-state index contributed by atoms with van der Waals surface area (Å²) in [6, 6.07) is 0. The van der Waals surface area contributed by atoms with Crippen LogP contribution in [0.3, 0.4) is 0 Å². The molecule has 0 aromatic carbocycles. The number of hydrogen-bond acceptors (Lipinski definition) is 4. The molecule has 394 valence electrons. The summed E-state index contributed by atoms with van der Waals surface area (Å²) in [4.78, 5) is 9.76. The molecule has 0 N–H and O–H groups in total. The van der Waals surface area contributed by atoms with E-state index in [1.165, 1.54) is 148 Å². The van der Waals surface area contributed by atoms with Crippen molar-refractivity contribution in [2.24, 2.45) is 39.4 Å². The molecule has 5 fully saturated rings. The summed E-state index contributed by atoms with van der Waals surface area (Å²) >= 11 is 0. The number of unbranched alkanes of at least 4 members (excludes halogenated alkanes) is 2. The molecule has 0 amide bonds. The molecular weight excluding hydrogens is 866 g/mol. The molecule has 5 aliphatic rings. The second-order valence-corrected chi connectivity index (χ2v) is 26.0. The Bertz CT molecular complexity index is 885. The van der Waals surface area contributed by atoms with Crippen LogP contribution in [-0.4, -0.2) is 98.6 Å². The second kappa shape index (κ2) is 42.6. The fourth-order valence-corrected chi connectivity index (χ4v) is 7.82. The molecule has 3 aliphatic heterocycles. The van der Waals surface area contributed by atoms with Gasteiger partial charge in [0.15, 0.2) is 0 Å². The van der Waals surface area contributed by atoms with Crippen LogP contribution in [0.5, 0.6) is 0 Å². The molecule has 2 aliphatic carbocycles. The van der Waals surface area contributed by atoms with Crippen LogP contribution in [-0.2, 0) is 32.7 Å².